The van der Waals surface area contributed by atoms with Crippen molar-refractivity contribution in [1.82, 2.24) is 4.57 Å². The molecule has 1 aromatic carbocycles. The maximum absolute atomic E-state index is 9.57. The van der Waals surface area contributed by atoms with Crippen molar-refractivity contribution in [3.63, 3.8) is 0 Å². The summed E-state index contributed by atoms with van der Waals surface area (Å²) >= 11 is 0. The summed E-state index contributed by atoms with van der Waals surface area (Å²) in [6.07, 6.45) is 1.53. The number of hydrogen-bond donors (Lipinski definition) is 1. The number of aryl methyl sites for hydroxylation is 1. The first-order valence-electron chi connectivity index (χ1n) is 5.10. The van der Waals surface area contributed by atoms with Gasteiger partial charge in [-0.05, 0) is 23.9 Å². The van der Waals surface area contributed by atoms with E-state index in [-0.39, 0.29) is 6.10 Å². The highest BCUT2D eigenvalue weighted by atomic mass is 16.3. The van der Waals surface area contributed by atoms with Gasteiger partial charge in [-0.15, -0.1) is 0 Å². The van der Waals surface area contributed by atoms with Crippen molar-refractivity contribution >= 4 is 10.9 Å². The van der Waals surface area contributed by atoms with Crippen LogP contribution in [-0.2, 0) is 13.0 Å². The quantitative estimate of drug-likeness (QED) is 0.670. The zero-order chi connectivity index (χ0) is 9.54. The van der Waals surface area contributed by atoms with Crippen molar-refractivity contribution in [2.45, 2.75) is 25.5 Å². The molecule has 1 aromatic heterocycles. The predicted octanol–water partition coefficient (Wildman–Crippen LogP) is 1.95. The molecule has 2 heteroatoms. The molecule has 1 aliphatic heterocycles. The number of aliphatic hydroxyl groups is 1. The minimum absolute atomic E-state index is 0.146. The van der Waals surface area contributed by atoms with Gasteiger partial charge in [-0.25, -0.2) is 0 Å². The van der Waals surface area contributed by atoms with Crippen LogP contribution in [0.5, 0.6) is 0 Å². The van der Waals surface area contributed by atoms with Crippen LogP contribution in [0.15, 0.2) is 30.3 Å². The maximum atomic E-state index is 9.57. The summed E-state index contributed by atoms with van der Waals surface area (Å²) in [6, 6.07) is 10.6. The zero-order valence-electron chi connectivity index (χ0n) is 7.98. The van der Waals surface area contributed by atoms with Crippen molar-refractivity contribution in [3.05, 3.63) is 36.0 Å². The van der Waals surface area contributed by atoms with E-state index in [1.165, 1.54) is 16.6 Å². The summed E-state index contributed by atoms with van der Waals surface area (Å²) in [7, 11) is 0. The fourth-order valence-electron chi connectivity index (χ4n) is 2.32. The van der Waals surface area contributed by atoms with Gasteiger partial charge in [0.25, 0.3) is 0 Å². The molecule has 14 heavy (non-hydrogen) atoms. The van der Waals surface area contributed by atoms with E-state index >= 15 is 0 Å². The van der Waals surface area contributed by atoms with E-state index in [0.29, 0.717) is 0 Å². The van der Waals surface area contributed by atoms with Crippen LogP contribution in [0.2, 0.25) is 0 Å². The molecule has 2 heterocycles. The first kappa shape index (κ1) is 8.06. The van der Waals surface area contributed by atoms with Gasteiger partial charge < -0.3 is 9.67 Å². The standard InChI is InChI=1S/C12H13NO/c14-11-5-6-13-10(8-11)7-9-3-1-2-4-12(9)13/h1-4,7,11,14H,5-6,8H2. The van der Waals surface area contributed by atoms with Crippen molar-refractivity contribution in [2.75, 3.05) is 0 Å². The Morgan fingerprint density at radius 1 is 1.29 bits per heavy atom. The molecule has 0 bridgehead atoms. The second-order valence-corrected chi connectivity index (χ2v) is 3.99. The van der Waals surface area contributed by atoms with E-state index in [1.54, 1.807) is 0 Å². The number of fused-ring (bicyclic) bond motifs is 3. The molecule has 1 atom stereocenters. The van der Waals surface area contributed by atoms with Crippen LogP contribution in [0.1, 0.15) is 12.1 Å². The van der Waals surface area contributed by atoms with Gasteiger partial charge in [0.15, 0.2) is 0 Å². The van der Waals surface area contributed by atoms with Crippen molar-refractivity contribution < 1.29 is 5.11 Å². The molecule has 72 valence electrons. The Bertz CT molecular complexity index is 472. The molecule has 1 N–H and O–H groups in total. The van der Waals surface area contributed by atoms with Gasteiger partial charge >= 0.3 is 0 Å². The van der Waals surface area contributed by atoms with Gasteiger partial charge in [0.05, 0.1) is 6.10 Å². The summed E-state index contributed by atoms with van der Waals surface area (Å²) < 4.78 is 2.32. The molecule has 2 nitrogen and oxygen atoms in total. The average molecular weight is 187 g/mol. The van der Waals surface area contributed by atoms with Crippen molar-refractivity contribution in [3.8, 4) is 0 Å². The number of hydrogen-bond acceptors (Lipinski definition) is 1. The third-order valence-corrected chi connectivity index (χ3v) is 3.03. The summed E-state index contributed by atoms with van der Waals surface area (Å²) in [5, 5.41) is 10.9. The Labute approximate surface area is 82.8 Å². The van der Waals surface area contributed by atoms with Crippen LogP contribution in [0.3, 0.4) is 0 Å². The van der Waals surface area contributed by atoms with Gasteiger partial charge in [0.1, 0.15) is 0 Å². The molecule has 0 saturated heterocycles. The van der Waals surface area contributed by atoms with E-state index in [0.717, 1.165) is 19.4 Å². The lowest BCUT2D eigenvalue weighted by Crippen LogP contribution is -2.22. The van der Waals surface area contributed by atoms with E-state index < -0.39 is 0 Å². The SMILES string of the molecule is OC1CCn2c(cc3ccccc32)C1. The molecular weight excluding hydrogens is 174 g/mol. The monoisotopic (exact) mass is 187 g/mol. The van der Waals surface area contributed by atoms with Crippen LogP contribution in [0, 0.1) is 0 Å². The second-order valence-electron chi connectivity index (χ2n) is 3.99. The molecule has 2 aromatic rings. The van der Waals surface area contributed by atoms with E-state index in [9.17, 15) is 5.11 Å². The minimum Gasteiger partial charge on any atom is -0.393 e. The number of benzene rings is 1. The van der Waals surface area contributed by atoms with E-state index in [2.05, 4.69) is 34.9 Å². The summed E-state index contributed by atoms with van der Waals surface area (Å²) in [6.45, 7) is 0.948. The molecule has 0 saturated carbocycles. The molecule has 1 aliphatic rings. The highest BCUT2D eigenvalue weighted by Gasteiger charge is 2.17. The lowest BCUT2D eigenvalue weighted by molar-refractivity contribution is 0.144. The molecule has 0 fully saturated rings. The average Bonchev–Trinajstić information content (AvgIpc) is 2.54. The zero-order valence-corrected chi connectivity index (χ0v) is 7.98. The fraction of sp³-hybridized carbons (Fsp3) is 0.333. The van der Waals surface area contributed by atoms with Gasteiger partial charge in [-0.1, -0.05) is 18.2 Å². The number of nitrogens with zero attached hydrogens (tertiary/aromatic N) is 1. The lowest BCUT2D eigenvalue weighted by atomic mass is 10.1. The Kier molecular flexibility index (Phi) is 1.64. The Morgan fingerprint density at radius 3 is 3.07 bits per heavy atom. The fourth-order valence-corrected chi connectivity index (χ4v) is 2.32. The van der Waals surface area contributed by atoms with Crippen LogP contribution < -0.4 is 0 Å². The molecule has 3 rings (SSSR count). The van der Waals surface area contributed by atoms with Crippen LogP contribution in [0.25, 0.3) is 10.9 Å². The Hall–Kier alpha value is -1.28. The predicted molar refractivity (Wildman–Crippen MR) is 56.3 cm³/mol. The second kappa shape index (κ2) is 2.85. The van der Waals surface area contributed by atoms with Crippen LogP contribution in [-0.4, -0.2) is 15.8 Å². The van der Waals surface area contributed by atoms with Gasteiger partial charge in [0, 0.05) is 24.2 Å². The summed E-state index contributed by atoms with van der Waals surface area (Å²) in [4.78, 5) is 0. The maximum Gasteiger partial charge on any atom is 0.0611 e. The molecule has 0 radical (unpaired) electrons. The van der Waals surface area contributed by atoms with Gasteiger partial charge in [-0.2, -0.15) is 0 Å². The Balaban J connectivity index is 2.24. The topological polar surface area (TPSA) is 25.2 Å². The van der Waals surface area contributed by atoms with E-state index in [1.807, 2.05) is 0 Å². The Morgan fingerprint density at radius 2 is 2.14 bits per heavy atom. The van der Waals surface area contributed by atoms with Gasteiger partial charge in [0.2, 0.25) is 0 Å². The van der Waals surface area contributed by atoms with Crippen LogP contribution >= 0.6 is 0 Å². The normalized spacial score (nSPS) is 21.1. The van der Waals surface area contributed by atoms with Crippen molar-refractivity contribution in [2.24, 2.45) is 0 Å². The molecule has 0 amide bonds. The molecule has 1 unspecified atom stereocenters. The smallest absolute Gasteiger partial charge is 0.0611 e. The number of aromatic nitrogens is 1. The first-order chi connectivity index (χ1) is 6.84. The minimum atomic E-state index is -0.146. The third-order valence-electron chi connectivity index (χ3n) is 3.03. The largest absolute Gasteiger partial charge is 0.393 e. The van der Waals surface area contributed by atoms with Crippen LogP contribution in [0.4, 0.5) is 0 Å². The highest BCUT2D eigenvalue weighted by molar-refractivity contribution is 5.81. The molecule has 0 spiro atoms. The number of rotatable bonds is 0. The first-order valence-corrected chi connectivity index (χ1v) is 5.10. The van der Waals surface area contributed by atoms with Crippen molar-refractivity contribution in [1.29, 1.82) is 0 Å². The van der Waals surface area contributed by atoms with E-state index in [4.69, 9.17) is 0 Å². The number of para-hydroxylation sites is 1. The number of aliphatic hydroxyl groups excluding tert-OH is 1. The summed E-state index contributed by atoms with van der Waals surface area (Å²) in [5.41, 5.74) is 2.57. The molecular formula is C12H13NO. The van der Waals surface area contributed by atoms with Gasteiger partial charge in [-0.3, -0.25) is 0 Å². The lowest BCUT2D eigenvalue weighted by Gasteiger charge is -2.20. The molecule has 0 aliphatic carbocycles. The third kappa shape index (κ3) is 1.07. The highest BCUT2D eigenvalue weighted by Crippen LogP contribution is 2.25. The summed E-state index contributed by atoms with van der Waals surface area (Å²) in [5.74, 6) is 0.